The Bertz CT molecular complexity index is 554. The average Bonchev–Trinajstić information content (AvgIpc) is 3.09. The number of aliphatic imine (C=N–C) groups is 1. The summed E-state index contributed by atoms with van der Waals surface area (Å²) in [4.78, 5) is 10.8. The van der Waals surface area contributed by atoms with Crippen LogP contribution in [-0.4, -0.2) is 56.4 Å². The number of halogens is 1. The molecule has 2 N–H and O–H groups in total. The van der Waals surface area contributed by atoms with Gasteiger partial charge in [-0.05, 0) is 38.3 Å². The molecule has 146 valence electrons. The Morgan fingerprint density at radius 1 is 1.38 bits per heavy atom. The fourth-order valence-electron chi connectivity index (χ4n) is 2.90. The molecular formula is C19H32FN5O. The molecule has 7 heteroatoms. The van der Waals surface area contributed by atoms with Crippen LogP contribution in [0.2, 0.25) is 0 Å². The molecule has 1 aliphatic rings. The second-order valence-corrected chi connectivity index (χ2v) is 6.46. The number of pyridine rings is 1. The Morgan fingerprint density at radius 3 is 3.00 bits per heavy atom. The van der Waals surface area contributed by atoms with Crippen molar-refractivity contribution in [2.75, 3.05) is 44.3 Å². The summed E-state index contributed by atoms with van der Waals surface area (Å²) in [6, 6.07) is 3.30. The molecule has 1 aliphatic heterocycles. The first-order valence-electron chi connectivity index (χ1n) is 9.72. The maximum absolute atomic E-state index is 13.9. The maximum atomic E-state index is 13.9. The van der Waals surface area contributed by atoms with E-state index < -0.39 is 0 Å². The van der Waals surface area contributed by atoms with Gasteiger partial charge >= 0.3 is 0 Å². The number of hydrogen-bond donors (Lipinski definition) is 2. The third kappa shape index (κ3) is 6.78. The number of nitrogens with one attached hydrogen (secondary N) is 2. The first kappa shape index (κ1) is 20.4. The number of rotatable bonds is 10. The predicted molar refractivity (Wildman–Crippen MR) is 104 cm³/mol. The Kier molecular flexibility index (Phi) is 9.17. The van der Waals surface area contributed by atoms with Gasteiger partial charge in [0.1, 0.15) is 0 Å². The van der Waals surface area contributed by atoms with Crippen LogP contribution in [0.3, 0.4) is 0 Å². The number of aromatic nitrogens is 1. The van der Waals surface area contributed by atoms with E-state index in [4.69, 9.17) is 4.74 Å². The van der Waals surface area contributed by atoms with Gasteiger partial charge < -0.3 is 20.3 Å². The number of anilines is 1. The molecule has 0 spiro atoms. The molecule has 0 amide bonds. The zero-order valence-corrected chi connectivity index (χ0v) is 16.0. The zero-order valence-electron chi connectivity index (χ0n) is 16.0. The van der Waals surface area contributed by atoms with Crippen molar-refractivity contribution in [3.05, 3.63) is 24.1 Å². The predicted octanol–water partition coefficient (Wildman–Crippen LogP) is 2.56. The lowest BCUT2D eigenvalue weighted by Gasteiger charge is -2.19. The van der Waals surface area contributed by atoms with Gasteiger partial charge in [0.05, 0.1) is 0 Å². The fraction of sp³-hybridized carbons (Fsp3) is 0.684. The van der Waals surface area contributed by atoms with Crippen LogP contribution in [0.4, 0.5) is 10.2 Å². The average molecular weight is 365 g/mol. The number of guanidine groups is 1. The van der Waals surface area contributed by atoms with Crippen LogP contribution in [0, 0.1) is 5.82 Å². The van der Waals surface area contributed by atoms with Gasteiger partial charge in [0.25, 0.3) is 0 Å². The summed E-state index contributed by atoms with van der Waals surface area (Å²) in [6.45, 7) is 8.84. The topological polar surface area (TPSA) is 61.8 Å². The van der Waals surface area contributed by atoms with Crippen molar-refractivity contribution in [2.45, 2.75) is 45.6 Å². The normalized spacial score (nSPS) is 17.6. The molecule has 6 nitrogen and oxygen atoms in total. The highest BCUT2D eigenvalue weighted by molar-refractivity contribution is 5.80. The quantitative estimate of drug-likeness (QED) is 0.379. The first-order valence-corrected chi connectivity index (χ1v) is 9.72. The van der Waals surface area contributed by atoms with Crippen LogP contribution in [0.1, 0.15) is 39.5 Å². The molecular weight excluding hydrogens is 333 g/mol. The van der Waals surface area contributed by atoms with Crippen LogP contribution in [0.25, 0.3) is 0 Å². The third-order valence-corrected chi connectivity index (χ3v) is 4.27. The summed E-state index contributed by atoms with van der Waals surface area (Å²) in [5, 5.41) is 6.73. The summed E-state index contributed by atoms with van der Waals surface area (Å²) in [5.41, 5.74) is 0. The standard InChI is InChI=1S/C19H32FN5O/c1-3-5-13-26-14-7-11-23-19(21-4-2)24-16-9-12-25(15-16)18-17(20)8-6-10-22-18/h6,8,10,16H,3-5,7,9,11-15H2,1-2H3,(H2,21,23,24). The molecule has 26 heavy (non-hydrogen) atoms. The molecule has 1 aromatic heterocycles. The Morgan fingerprint density at radius 2 is 2.23 bits per heavy atom. The van der Waals surface area contributed by atoms with Crippen LogP contribution in [0.5, 0.6) is 0 Å². The van der Waals surface area contributed by atoms with Crippen molar-refractivity contribution in [2.24, 2.45) is 4.99 Å². The van der Waals surface area contributed by atoms with Gasteiger partial charge in [-0.2, -0.15) is 0 Å². The lowest BCUT2D eigenvalue weighted by molar-refractivity contribution is 0.130. The van der Waals surface area contributed by atoms with Gasteiger partial charge in [-0.3, -0.25) is 4.99 Å². The van der Waals surface area contributed by atoms with Crippen molar-refractivity contribution in [3.8, 4) is 0 Å². The van der Waals surface area contributed by atoms with E-state index in [1.54, 1.807) is 12.3 Å². The van der Waals surface area contributed by atoms with Crippen molar-refractivity contribution in [1.29, 1.82) is 0 Å². The van der Waals surface area contributed by atoms with E-state index in [2.05, 4.69) is 34.5 Å². The van der Waals surface area contributed by atoms with Crippen molar-refractivity contribution in [3.63, 3.8) is 0 Å². The number of hydrogen-bond acceptors (Lipinski definition) is 4. The van der Waals surface area contributed by atoms with Crippen LogP contribution >= 0.6 is 0 Å². The summed E-state index contributed by atoms with van der Waals surface area (Å²) in [6.07, 6.45) is 5.75. The Hall–Kier alpha value is -1.89. The summed E-state index contributed by atoms with van der Waals surface area (Å²) < 4.78 is 19.5. The summed E-state index contributed by atoms with van der Waals surface area (Å²) in [7, 11) is 0. The van der Waals surface area contributed by atoms with E-state index in [0.29, 0.717) is 5.82 Å². The minimum Gasteiger partial charge on any atom is -0.381 e. The first-order chi connectivity index (χ1) is 12.7. The monoisotopic (exact) mass is 365 g/mol. The van der Waals surface area contributed by atoms with Crippen LogP contribution in [0.15, 0.2) is 23.3 Å². The second-order valence-electron chi connectivity index (χ2n) is 6.46. The van der Waals surface area contributed by atoms with Crippen molar-refractivity contribution >= 4 is 11.8 Å². The molecule has 1 aromatic rings. The smallest absolute Gasteiger partial charge is 0.191 e. The molecule has 2 heterocycles. The van der Waals surface area contributed by atoms with E-state index >= 15 is 0 Å². The number of ether oxygens (including phenoxy) is 1. The van der Waals surface area contributed by atoms with Crippen molar-refractivity contribution in [1.82, 2.24) is 15.6 Å². The largest absolute Gasteiger partial charge is 0.381 e. The van der Waals surface area contributed by atoms with E-state index in [-0.39, 0.29) is 11.9 Å². The van der Waals surface area contributed by atoms with Gasteiger partial charge in [0.15, 0.2) is 17.6 Å². The molecule has 0 aliphatic carbocycles. The van der Waals surface area contributed by atoms with E-state index in [9.17, 15) is 4.39 Å². The lowest BCUT2D eigenvalue weighted by Crippen LogP contribution is -2.44. The number of unbranched alkanes of at least 4 members (excludes halogenated alkanes) is 1. The Labute approximate surface area is 156 Å². The molecule has 1 saturated heterocycles. The van der Waals surface area contributed by atoms with Crippen molar-refractivity contribution < 1.29 is 9.13 Å². The SMILES string of the molecule is CCCCOCCCN=C(NCC)NC1CCN(c2ncccc2F)C1. The van der Waals surface area contributed by atoms with Crippen LogP contribution < -0.4 is 15.5 Å². The highest BCUT2D eigenvalue weighted by Crippen LogP contribution is 2.20. The summed E-state index contributed by atoms with van der Waals surface area (Å²) in [5.74, 6) is 0.981. The molecule has 1 atom stereocenters. The number of nitrogens with zero attached hydrogens (tertiary/aromatic N) is 3. The highest BCUT2D eigenvalue weighted by atomic mass is 19.1. The second kappa shape index (κ2) is 11.7. The maximum Gasteiger partial charge on any atom is 0.191 e. The van der Waals surface area contributed by atoms with Gasteiger partial charge in [0, 0.05) is 51.6 Å². The molecule has 1 unspecified atom stereocenters. The van der Waals surface area contributed by atoms with Gasteiger partial charge in [0.2, 0.25) is 0 Å². The lowest BCUT2D eigenvalue weighted by atomic mass is 10.3. The molecule has 1 fully saturated rings. The molecule has 0 bridgehead atoms. The third-order valence-electron chi connectivity index (χ3n) is 4.27. The van der Waals surface area contributed by atoms with Gasteiger partial charge in [-0.1, -0.05) is 13.3 Å². The van der Waals surface area contributed by atoms with Crippen LogP contribution in [-0.2, 0) is 4.74 Å². The highest BCUT2D eigenvalue weighted by Gasteiger charge is 2.25. The van der Waals surface area contributed by atoms with E-state index in [0.717, 1.165) is 71.0 Å². The van der Waals surface area contributed by atoms with E-state index in [1.165, 1.54) is 6.07 Å². The fourth-order valence-corrected chi connectivity index (χ4v) is 2.90. The zero-order chi connectivity index (χ0) is 18.6. The molecule has 2 rings (SSSR count). The minimum absolute atomic E-state index is 0.231. The van der Waals surface area contributed by atoms with E-state index in [1.807, 2.05) is 4.90 Å². The molecule has 0 radical (unpaired) electrons. The minimum atomic E-state index is -0.267. The summed E-state index contributed by atoms with van der Waals surface area (Å²) >= 11 is 0. The molecule has 0 aromatic carbocycles. The van der Waals surface area contributed by atoms with Gasteiger partial charge in [-0.25, -0.2) is 9.37 Å². The Balaban J connectivity index is 1.77. The van der Waals surface area contributed by atoms with Gasteiger partial charge in [-0.15, -0.1) is 0 Å². The molecule has 0 saturated carbocycles.